The highest BCUT2D eigenvalue weighted by molar-refractivity contribution is 8.01. The lowest BCUT2D eigenvalue weighted by molar-refractivity contribution is -0.137. The molecule has 0 radical (unpaired) electrons. The maximum atomic E-state index is 13.4. The molecule has 100 valence electrons. The average molecular weight is 299 g/mol. The summed E-state index contributed by atoms with van der Waals surface area (Å²) >= 11 is 2.47. The highest BCUT2D eigenvalue weighted by atomic mass is 32.2. The van der Waals surface area contributed by atoms with Crippen LogP contribution in [0.4, 0.5) is 15.2 Å². The van der Waals surface area contributed by atoms with Gasteiger partial charge in [-0.05, 0) is 12.1 Å². The molecule has 19 heavy (non-hydrogen) atoms. The molecular weight excluding hydrogens is 289 g/mol. The van der Waals surface area contributed by atoms with E-state index in [1.807, 2.05) is 0 Å². The van der Waals surface area contributed by atoms with Crippen molar-refractivity contribution in [3.8, 4) is 0 Å². The number of nitrogens with zero attached hydrogens (tertiary/aromatic N) is 2. The summed E-state index contributed by atoms with van der Waals surface area (Å²) in [6.45, 7) is 0. The van der Waals surface area contributed by atoms with Gasteiger partial charge in [0.2, 0.25) is 5.13 Å². The summed E-state index contributed by atoms with van der Waals surface area (Å²) in [6, 6.07) is 6.30. The molecule has 0 fully saturated rings. The second-order valence-corrected chi connectivity index (χ2v) is 5.54. The molecule has 0 atom stereocenters. The Morgan fingerprint density at radius 3 is 3.00 bits per heavy atom. The van der Waals surface area contributed by atoms with Crippen molar-refractivity contribution in [2.45, 2.75) is 4.34 Å². The number of methoxy groups -OCH3 is 1. The van der Waals surface area contributed by atoms with Crippen LogP contribution in [0.2, 0.25) is 0 Å². The van der Waals surface area contributed by atoms with Crippen molar-refractivity contribution in [2.75, 3.05) is 18.2 Å². The summed E-state index contributed by atoms with van der Waals surface area (Å²) in [4.78, 5) is 11.0. The van der Waals surface area contributed by atoms with Gasteiger partial charge in [-0.3, -0.25) is 4.79 Å². The van der Waals surface area contributed by atoms with Crippen LogP contribution in [0.15, 0.2) is 28.6 Å². The van der Waals surface area contributed by atoms with E-state index in [4.69, 9.17) is 0 Å². The van der Waals surface area contributed by atoms with E-state index >= 15 is 0 Å². The van der Waals surface area contributed by atoms with E-state index in [0.717, 1.165) is 0 Å². The minimum absolute atomic E-state index is 0.171. The Morgan fingerprint density at radius 2 is 2.26 bits per heavy atom. The van der Waals surface area contributed by atoms with Crippen molar-refractivity contribution in [3.63, 3.8) is 0 Å². The number of rotatable bonds is 5. The second kappa shape index (κ2) is 6.48. The van der Waals surface area contributed by atoms with Crippen LogP contribution in [0.1, 0.15) is 0 Å². The Labute approximate surface area is 117 Å². The van der Waals surface area contributed by atoms with Crippen LogP contribution in [-0.2, 0) is 9.53 Å². The maximum absolute atomic E-state index is 13.4. The van der Waals surface area contributed by atoms with Crippen LogP contribution in [0.25, 0.3) is 0 Å². The van der Waals surface area contributed by atoms with Gasteiger partial charge in [0.05, 0.1) is 18.6 Å². The van der Waals surface area contributed by atoms with Gasteiger partial charge in [-0.15, -0.1) is 10.2 Å². The van der Waals surface area contributed by atoms with Crippen molar-refractivity contribution < 1.29 is 13.9 Å². The number of nitrogens with one attached hydrogen (secondary N) is 1. The molecule has 8 heteroatoms. The number of thioether (sulfide) groups is 1. The van der Waals surface area contributed by atoms with Crippen molar-refractivity contribution >= 4 is 39.9 Å². The first kappa shape index (κ1) is 13.8. The number of ether oxygens (including phenoxy) is 1. The predicted molar refractivity (Wildman–Crippen MR) is 72.3 cm³/mol. The summed E-state index contributed by atoms with van der Waals surface area (Å²) in [5, 5.41) is 11.1. The molecule has 1 heterocycles. The molecule has 0 spiro atoms. The number of carbonyl (C=O) groups excluding carboxylic acids is 1. The third-order valence-electron chi connectivity index (χ3n) is 2.06. The van der Waals surface area contributed by atoms with Gasteiger partial charge in [0.25, 0.3) is 0 Å². The third kappa shape index (κ3) is 3.90. The summed E-state index contributed by atoms with van der Waals surface area (Å²) in [7, 11) is 1.33. The van der Waals surface area contributed by atoms with Crippen LogP contribution < -0.4 is 5.32 Å². The van der Waals surface area contributed by atoms with Crippen molar-refractivity contribution in [1.82, 2.24) is 10.2 Å². The zero-order chi connectivity index (χ0) is 13.7. The van der Waals surface area contributed by atoms with E-state index < -0.39 is 0 Å². The normalized spacial score (nSPS) is 10.2. The van der Waals surface area contributed by atoms with E-state index in [1.165, 1.54) is 36.3 Å². The maximum Gasteiger partial charge on any atom is 0.316 e. The molecule has 0 aliphatic rings. The number of para-hydroxylation sites is 1. The van der Waals surface area contributed by atoms with Crippen molar-refractivity contribution in [1.29, 1.82) is 0 Å². The van der Waals surface area contributed by atoms with E-state index in [1.54, 1.807) is 18.2 Å². The fourth-order valence-corrected chi connectivity index (χ4v) is 2.77. The molecule has 1 aromatic heterocycles. The van der Waals surface area contributed by atoms with Gasteiger partial charge in [0.1, 0.15) is 5.82 Å². The first-order valence-corrected chi connectivity index (χ1v) is 7.04. The molecule has 0 saturated carbocycles. The molecule has 0 saturated heterocycles. The van der Waals surface area contributed by atoms with Crippen LogP contribution in [0.5, 0.6) is 0 Å². The molecule has 2 aromatic rings. The lowest BCUT2D eigenvalue weighted by atomic mass is 10.3. The average Bonchev–Trinajstić information content (AvgIpc) is 2.86. The van der Waals surface area contributed by atoms with Gasteiger partial charge >= 0.3 is 5.97 Å². The summed E-state index contributed by atoms with van der Waals surface area (Å²) in [5.74, 6) is -0.518. The number of halogens is 1. The fraction of sp³-hybridized carbons (Fsp3) is 0.182. The second-order valence-electron chi connectivity index (χ2n) is 3.34. The SMILES string of the molecule is COC(=O)CSc1nnc(Nc2ccccc2F)s1. The number of aromatic nitrogens is 2. The summed E-state index contributed by atoms with van der Waals surface area (Å²) in [6.07, 6.45) is 0. The number of esters is 1. The monoisotopic (exact) mass is 299 g/mol. The highest BCUT2D eigenvalue weighted by Gasteiger charge is 2.09. The number of hydrogen-bond acceptors (Lipinski definition) is 7. The molecule has 5 nitrogen and oxygen atoms in total. The molecule has 1 aromatic carbocycles. The minimum Gasteiger partial charge on any atom is -0.468 e. The largest absolute Gasteiger partial charge is 0.468 e. The molecule has 0 aliphatic carbocycles. The number of anilines is 2. The Balaban J connectivity index is 1.98. The Hall–Kier alpha value is -1.67. The van der Waals surface area contributed by atoms with Gasteiger partial charge in [-0.1, -0.05) is 35.2 Å². The van der Waals surface area contributed by atoms with Gasteiger partial charge in [-0.2, -0.15) is 0 Å². The minimum atomic E-state index is -0.360. The van der Waals surface area contributed by atoms with Crippen molar-refractivity contribution in [3.05, 3.63) is 30.1 Å². The fourth-order valence-electron chi connectivity index (χ4n) is 1.18. The zero-order valence-electron chi connectivity index (χ0n) is 9.92. The van der Waals surface area contributed by atoms with Gasteiger partial charge < -0.3 is 10.1 Å². The van der Waals surface area contributed by atoms with Crippen LogP contribution in [-0.4, -0.2) is 29.0 Å². The van der Waals surface area contributed by atoms with Crippen molar-refractivity contribution in [2.24, 2.45) is 0 Å². The lowest BCUT2D eigenvalue weighted by Gasteiger charge is -2.01. The summed E-state index contributed by atoms with van der Waals surface area (Å²) < 4.78 is 18.5. The first-order chi connectivity index (χ1) is 9.19. The number of carbonyl (C=O) groups is 1. The standard InChI is InChI=1S/C11H10FN3O2S2/c1-17-9(16)6-18-11-15-14-10(19-11)13-8-5-3-2-4-7(8)12/h2-5H,6H2,1H3,(H,13,14). The quantitative estimate of drug-likeness (QED) is 0.676. The van der Waals surface area contributed by atoms with E-state index in [2.05, 4.69) is 20.3 Å². The van der Waals surface area contributed by atoms with Crippen LogP contribution in [0, 0.1) is 5.82 Å². The highest BCUT2D eigenvalue weighted by Crippen LogP contribution is 2.28. The van der Waals surface area contributed by atoms with Gasteiger partial charge in [0.15, 0.2) is 4.34 Å². The molecule has 2 rings (SSSR count). The number of benzene rings is 1. The Kier molecular flexibility index (Phi) is 4.69. The lowest BCUT2D eigenvalue weighted by Crippen LogP contribution is -2.02. The molecule has 0 unspecified atom stereocenters. The zero-order valence-corrected chi connectivity index (χ0v) is 11.6. The van der Waals surface area contributed by atoms with E-state index in [-0.39, 0.29) is 17.5 Å². The van der Waals surface area contributed by atoms with E-state index in [0.29, 0.717) is 15.2 Å². The molecule has 0 amide bonds. The molecule has 1 N–H and O–H groups in total. The van der Waals surface area contributed by atoms with Gasteiger partial charge in [0, 0.05) is 0 Å². The Morgan fingerprint density at radius 1 is 1.47 bits per heavy atom. The Bertz CT molecular complexity index is 577. The smallest absolute Gasteiger partial charge is 0.316 e. The van der Waals surface area contributed by atoms with E-state index in [9.17, 15) is 9.18 Å². The van der Waals surface area contributed by atoms with Crippen LogP contribution >= 0.6 is 23.1 Å². The number of hydrogen-bond donors (Lipinski definition) is 1. The summed E-state index contributed by atoms with van der Waals surface area (Å²) in [5.41, 5.74) is 0.336. The third-order valence-corrected chi connectivity index (χ3v) is 4.01. The topological polar surface area (TPSA) is 64.1 Å². The first-order valence-electron chi connectivity index (χ1n) is 5.23. The molecular formula is C11H10FN3O2S2. The predicted octanol–water partition coefficient (Wildman–Crippen LogP) is 2.69. The molecule has 0 aliphatic heterocycles. The van der Waals surface area contributed by atoms with Gasteiger partial charge in [-0.25, -0.2) is 4.39 Å². The van der Waals surface area contributed by atoms with Crippen LogP contribution in [0.3, 0.4) is 0 Å². The molecule has 0 bridgehead atoms.